The van der Waals surface area contributed by atoms with Crippen LogP contribution < -0.4 is 4.74 Å². The zero-order valence-electron chi connectivity index (χ0n) is 17.6. The first-order chi connectivity index (χ1) is 14.0. The van der Waals surface area contributed by atoms with Crippen molar-refractivity contribution in [1.29, 1.82) is 0 Å². The molecule has 1 fully saturated rings. The van der Waals surface area contributed by atoms with Crippen LogP contribution in [0.3, 0.4) is 0 Å². The summed E-state index contributed by atoms with van der Waals surface area (Å²) >= 11 is 8.38. The Morgan fingerprint density at radius 3 is 2.23 bits per heavy atom. The highest BCUT2D eigenvalue weighted by Gasteiger charge is 2.67. The maximum Gasteiger partial charge on any atom is 0.277 e. The van der Waals surface area contributed by atoms with E-state index in [1.807, 2.05) is 24.3 Å². The fourth-order valence-electron chi connectivity index (χ4n) is 4.83. The van der Waals surface area contributed by atoms with Gasteiger partial charge in [-0.05, 0) is 59.0 Å². The summed E-state index contributed by atoms with van der Waals surface area (Å²) in [7, 11) is 1.52. The van der Waals surface area contributed by atoms with Gasteiger partial charge in [0.15, 0.2) is 0 Å². The number of halogens is 2. The number of rotatable bonds is 5. The number of hydrogen-bond donors (Lipinski definition) is 0. The summed E-state index contributed by atoms with van der Waals surface area (Å²) in [5, 5.41) is 1.83. The fourth-order valence-corrected chi connectivity index (χ4v) is 5.40. The Balaban J connectivity index is 1.86. The van der Waals surface area contributed by atoms with Crippen LogP contribution in [-0.4, -0.2) is 30.2 Å². The summed E-state index contributed by atoms with van der Waals surface area (Å²) in [5.41, 5.74) is 0.199. The second-order valence-corrected chi connectivity index (χ2v) is 10.2. The van der Waals surface area contributed by atoms with Gasteiger partial charge in [0.1, 0.15) is 11.9 Å². The zero-order chi connectivity index (χ0) is 22.3. The highest BCUT2D eigenvalue weighted by molar-refractivity contribution is 14.1. The van der Waals surface area contributed by atoms with Crippen LogP contribution in [0.5, 0.6) is 5.75 Å². The van der Waals surface area contributed by atoms with Crippen molar-refractivity contribution >= 4 is 45.8 Å². The van der Waals surface area contributed by atoms with Gasteiger partial charge in [0.25, 0.3) is 5.91 Å². The predicted molar refractivity (Wildman–Crippen MR) is 126 cm³/mol. The van der Waals surface area contributed by atoms with Gasteiger partial charge in [0, 0.05) is 20.0 Å². The van der Waals surface area contributed by atoms with E-state index >= 15 is 0 Å². The molecule has 0 heterocycles. The number of nitrogens with zero attached hydrogens (tertiary/aromatic N) is 2. The molecule has 158 valence electrons. The molecule has 1 aliphatic rings. The number of amides is 1. The maximum atomic E-state index is 13.2. The van der Waals surface area contributed by atoms with Crippen LogP contribution in [0.4, 0.5) is 5.69 Å². The molecule has 3 rings (SSSR count). The van der Waals surface area contributed by atoms with E-state index < -0.39 is 0 Å². The Hall–Kier alpha value is -1.82. The number of hydrogen-bond acceptors (Lipinski definition) is 3. The van der Waals surface area contributed by atoms with Crippen molar-refractivity contribution in [2.75, 3.05) is 7.11 Å². The minimum atomic E-state index is -0.386. The van der Waals surface area contributed by atoms with Crippen molar-refractivity contribution in [3.05, 3.63) is 68.0 Å². The number of benzene rings is 2. The van der Waals surface area contributed by atoms with E-state index in [1.54, 1.807) is 18.2 Å². The summed E-state index contributed by atoms with van der Waals surface area (Å²) in [4.78, 5) is 22.2. The van der Waals surface area contributed by atoms with E-state index in [9.17, 15) is 4.79 Å². The average Bonchev–Trinajstić information content (AvgIpc) is 2.69. The minimum Gasteiger partial charge on any atom is -0.489 e. The van der Waals surface area contributed by atoms with E-state index in [1.165, 1.54) is 12.2 Å². The molecule has 5 nitrogen and oxygen atoms in total. The fraction of sp³-hybridized carbons (Fsp3) is 0.391. The van der Waals surface area contributed by atoms with Gasteiger partial charge >= 0.3 is 0 Å². The van der Waals surface area contributed by atoms with Crippen molar-refractivity contribution in [2.45, 2.75) is 39.8 Å². The van der Waals surface area contributed by atoms with Gasteiger partial charge < -0.3 is 4.74 Å². The minimum absolute atomic E-state index is 0.178. The smallest absolute Gasteiger partial charge is 0.277 e. The monoisotopic (exact) mass is 538 g/mol. The molecule has 0 spiro atoms. The van der Waals surface area contributed by atoms with Crippen LogP contribution in [0, 0.1) is 21.0 Å². The van der Waals surface area contributed by atoms with Gasteiger partial charge in [-0.25, -0.2) is 9.91 Å². The number of ether oxygens (including phenoxy) is 1. The van der Waals surface area contributed by atoms with E-state index in [0.717, 1.165) is 3.57 Å². The summed E-state index contributed by atoms with van der Waals surface area (Å²) in [6.45, 7) is 15.4. The van der Waals surface area contributed by atoms with Gasteiger partial charge in [-0.15, -0.1) is 0 Å². The van der Waals surface area contributed by atoms with Crippen molar-refractivity contribution in [3.8, 4) is 5.75 Å². The Morgan fingerprint density at radius 2 is 1.73 bits per heavy atom. The first-order valence-corrected chi connectivity index (χ1v) is 11.0. The first-order valence-electron chi connectivity index (χ1n) is 9.51. The van der Waals surface area contributed by atoms with Crippen molar-refractivity contribution < 1.29 is 14.4 Å². The lowest BCUT2D eigenvalue weighted by Crippen LogP contribution is -2.75. The molecule has 2 aromatic carbocycles. The molecule has 7 heteroatoms. The molecule has 0 atom stereocenters. The van der Waals surface area contributed by atoms with Crippen molar-refractivity contribution in [3.63, 3.8) is 0 Å². The van der Waals surface area contributed by atoms with Crippen LogP contribution in [0.2, 0.25) is 5.02 Å². The zero-order valence-corrected chi connectivity index (χ0v) is 20.5. The van der Waals surface area contributed by atoms with E-state index in [2.05, 4.69) is 55.1 Å². The van der Waals surface area contributed by atoms with Gasteiger partial charge in [-0.1, -0.05) is 45.4 Å². The molecule has 30 heavy (non-hydrogen) atoms. The number of carbonyl (C=O) groups is 1. The topological polar surface area (TPSA) is 43.1 Å². The second kappa shape index (κ2) is 8.37. The predicted octanol–water partition coefficient (Wildman–Crippen LogP) is 6.38. The Morgan fingerprint density at radius 1 is 1.13 bits per heavy atom. The normalized spacial score (nSPS) is 21.3. The third-order valence-electron chi connectivity index (χ3n) is 5.78. The summed E-state index contributed by atoms with van der Waals surface area (Å²) in [6.07, 6.45) is -0.188. The summed E-state index contributed by atoms with van der Waals surface area (Å²) in [6, 6.07) is 12.3. The number of carbonyl (C=O) groups excluding carboxylic acids is 1. The summed E-state index contributed by atoms with van der Waals surface area (Å²) in [5.74, 6) is 0.424. The molecule has 1 saturated carbocycles. The molecular weight excluding hydrogens is 515 g/mol. The lowest BCUT2D eigenvalue weighted by atomic mass is 9.49. The van der Waals surface area contributed by atoms with Crippen molar-refractivity contribution in [2.24, 2.45) is 10.8 Å². The third-order valence-corrected chi connectivity index (χ3v) is 6.80. The van der Waals surface area contributed by atoms with Crippen LogP contribution in [-0.2, 0) is 4.84 Å². The lowest BCUT2D eigenvalue weighted by Gasteiger charge is -2.64. The molecule has 0 radical (unpaired) electrons. The number of hydroxylamine groups is 2. The molecule has 0 aromatic heterocycles. The van der Waals surface area contributed by atoms with E-state index in [4.69, 9.17) is 27.7 Å². The Labute approximate surface area is 196 Å². The lowest BCUT2D eigenvalue weighted by molar-refractivity contribution is -0.273. The van der Waals surface area contributed by atoms with Gasteiger partial charge in [0.05, 0.1) is 24.7 Å². The highest BCUT2D eigenvalue weighted by atomic mass is 127. The van der Waals surface area contributed by atoms with Crippen LogP contribution >= 0.6 is 34.2 Å². The van der Waals surface area contributed by atoms with Crippen LogP contribution in [0.25, 0.3) is 4.85 Å². The van der Waals surface area contributed by atoms with Gasteiger partial charge in [0.2, 0.25) is 5.69 Å². The van der Waals surface area contributed by atoms with Gasteiger partial charge in [-0.2, -0.15) is 0 Å². The van der Waals surface area contributed by atoms with Gasteiger partial charge in [-0.3, -0.25) is 9.63 Å². The molecule has 0 aliphatic heterocycles. The SMILES string of the molecule is [C-]#[N+]c1ccc(OC2C(C)(C)C(N(OC)C(=O)c3ccc(I)cc3)C2(C)C)cc1Cl. The molecule has 1 aliphatic carbocycles. The van der Waals surface area contributed by atoms with Crippen molar-refractivity contribution in [1.82, 2.24) is 5.06 Å². The molecule has 0 unspecified atom stereocenters. The largest absolute Gasteiger partial charge is 0.489 e. The molecule has 1 amide bonds. The summed E-state index contributed by atoms with van der Waals surface area (Å²) < 4.78 is 7.37. The molecule has 0 bridgehead atoms. The Bertz CT molecular complexity index is 982. The quantitative estimate of drug-likeness (QED) is 0.252. The van der Waals surface area contributed by atoms with E-state index in [-0.39, 0.29) is 28.9 Å². The molecule has 0 N–H and O–H groups in total. The van der Waals surface area contributed by atoms with E-state index in [0.29, 0.717) is 22.0 Å². The standard InChI is InChI=1S/C23H24ClIN2O3/c1-22(2)20(27(29-6)19(28)14-7-9-15(25)10-8-14)23(3,4)21(22)30-16-11-12-18(26-5)17(24)13-16/h7-13,20-21H,1-4,6H3. The molecule has 0 saturated heterocycles. The van der Waals surface area contributed by atoms with Crippen LogP contribution in [0.1, 0.15) is 38.1 Å². The average molecular weight is 539 g/mol. The molecular formula is C23H24ClIN2O3. The Kier molecular flexibility index (Phi) is 6.38. The molecule has 2 aromatic rings. The second-order valence-electron chi connectivity index (χ2n) is 8.59. The highest BCUT2D eigenvalue weighted by Crippen LogP contribution is 2.58. The van der Waals surface area contributed by atoms with Crippen LogP contribution in [0.15, 0.2) is 42.5 Å². The first kappa shape index (κ1) is 22.9. The third kappa shape index (κ3) is 3.91. The maximum absolute atomic E-state index is 13.2.